The van der Waals surface area contributed by atoms with Crippen molar-refractivity contribution < 1.29 is 13.6 Å². The lowest BCUT2D eigenvalue weighted by Gasteiger charge is -2.01. The summed E-state index contributed by atoms with van der Waals surface area (Å²) in [7, 11) is 0. The lowest BCUT2D eigenvalue weighted by Crippen LogP contribution is -2.17. The molecule has 0 saturated heterocycles. The first-order valence-corrected chi connectivity index (χ1v) is 5.92. The van der Waals surface area contributed by atoms with Gasteiger partial charge in [-0.2, -0.15) is 5.10 Å². The number of rotatable bonds is 3. The Hall–Kier alpha value is -2.56. The summed E-state index contributed by atoms with van der Waals surface area (Å²) in [6.45, 7) is 1.90. The molecular weight excluding hydrogens is 262 g/mol. The summed E-state index contributed by atoms with van der Waals surface area (Å²) < 4.78 is 26.6. The summed E-state index contributed by atoms with van der Waals surface area (Å²) >= 11 is 0. The van der Waals surface area contributed by atoms with Crippen molar-refractivity contribution in [3.8, 4) is 0 Å². The van der Waals surface area contributed by atoms with Gasteiger partial charge in [-0.05, 0) is 31.2 Å². The van der Waals surface area contributed by atoms with Gasteiger partial charge in [-0.3, -0.25) is 4.79 Å². The predicted octanol–water partition coefficient (Wildman–Crippen LogP) is 3.04. The Kier molecular flexibility index (Phi) is 4.20. The molecule has 3 nitrogen and oxygen atoms in total. The smallest absolute Gasteiger partial charge is 0.267 e. The number of hydrogen-bond donors (Lipinski definition) is 1. The van der Waals surface area contributed by atoms with Crippen LogP contribution in [0.2, 0.25) is 0 Å². The van der Waals surface area contributed by atoms with Crippen LogP contribution in [0.3, 0.4) is 0 Å². The summed E-state index contributed by atoms with van der Waals surface area (Å²) in [4.78, 5) is 11.7. The van der Waals surface area contributed by atoms with Gasteiger partial charge in [0.25, 0.3) is 5.91 Å². The van der Waals surface area contributed by atoms with E-state index >= 15 is 0 Å². The van der Waals surface area contributed by atoms with Crippen LogP contribution in [0, 0.1) is 18.6 Å². The molecule has 0 aliphatic rings. The summed E-state index contributed by atoms with van der Waals surface area (Å²) in [5.41, 5.74) is 3.37. The summed E-state index contributed by atoms with van der Waals surface area (Å²) in [6, 6.07) is 10.4. The number of aryl methyl sites for hydroxylation is 1. The molecule has 0 spiro atoms. The van der Waals surface area contributed by atoms with Gasteiger partial charge in [0.05, 0.1) is 11.8 Å². The normalized spacial score (nSPS) is 10.8. The molecule has 0 unspecified atom stereocenters. The van der Waals surface area contributed by atoms with Crippen molar-refractivity contribution >= 4 is 12.1 Å². The number of nitrogens with one attached hydrogen (secondary N) is 1. The highest BCUT2D eigenvalue weighted by Gasteiger charge is 2.06. The van der Waals surface area contributed by atoms with Crippen molar-refractivity contribution in [2.45, 2.75) is 6.92 Å². The van der Waals surface area contributed by atoms with Crippen LogP contribution in [-0.2, 0) is 0 Å². The van der Waals surface area contributed by atoms with Crippen molar-refractivity contribution in [3.05, 3.63) is 70.8 Å². The summed E-state index contributed by atoms with van der Waals surface area (Å²) in [5, 5.41) is 3.56. The van der Waals surface area contributed by atoms with Crippen LogP contribution in [0.1, 0.15) is 21.5 Å². The minimum atomic E-state index is -0.738. The second-order valence-electron chi connectivity index (χ2n) is 4.20. The zero-order valence-electron chi connectivity index (χ0n) is 10.7. The van der Waals surface area contributed by atoms with Crippen molar-refractivity contribution in [2.24, 2.45) is 5.10 Å². The quantitative estimate of drug-likeness (QED) is 0.678. The molecule has 2 aromatic rings. The Morgan fingerprint density at radius 1 is 1.10 bits per heavy atom. The molecule has 0 saturated carbocycles. The van der Waals surface area contributed by atoms with E-state index in [1.807, 2.05) is 6.92 Å². The zero-order valence-corrected chi connectivity index (χ0v) is 10.7. The molecule has 102 valence electrons. The molecule has 2 rings (SSSR count). The molecule has 0 aliphatic heterocycles. The topological polar surface area (TPSA) is 41.5 Å². The minimum absolute atomic E-state index is 0.295. The van der Waals surface area contributed by atoms with E-state index in [-0.39, 0.29) is 5.56 Å². The van der Waals surface area contributed by atoms with Crippen LogP contribution in [-0.4, -0.2) is 12.1 Å². The molecule has 1 N–H and O–H groups in total. The maximum absolute atomic E-state index is 13.3. The number of halogens is 2. The van der Waals surface area contributed by atoms with E-state index in [0.717, 1.165) is 23.9 Å². The third-order valence-corrected chi connectivity index (χ3v) is 2.67. The molecule has 0 bridgehead atoms. The molecule has 0 heterocycles. The van der Waals surface area contributed by atoms with E-state index in [1.54, 1.807) is 24.3 Å². The highest BCUT2D eigenvalue weighted by atomic mass is 19.1. The maximum atomic E-state index is 13.3. The molecule has 0 aliphatic carbocycles. The lowest BCUT2D eigenvalue weighted by molar-refractivity contribution is 0.0955. The molecule has 0 fully saturated rings. The first-order valence-electron chi connectivity index (χ1n) is 5.92. The Morgan fingerprint density at radius 3 is 2.30 bits per heavy atom. The van der Waals surface area contributed by atoms with Gasteiger partial charge in [-0.1, -0.05) is 23.8 Å². The number of hydrazone groups is 1. The van der Waals surface area contributed by atoms with E-state index < -0.39 is 17.5 Å². The molecule has 2 aromatic carbocycles. The Bertz CT molecular complexity index is 631. The standard InChI is InChI=1S/C15H12F2N2O/c1-10-5-7-11(8-6-10)15(20)19-18-9-12-13(16)3-2-4-14(12)17/h2-9H,1H3,(H,19,20)/b18-9-. The first kappa shape index (κ1) is 13.9. The fraction of sp³-hybridized carbons (Fsp3) is 0.0667. The molecule has 0 atom stereocenters. The number of hydrogen-bond acceptors (Lipinski definition) is 2. The van der Waals surface area contributed by atoms with E-state index in [1.165, 1.54) is 6.07 Å². The van der Waals surface area contributed by atoms with Crippen molar-refractivity contribution in [1.29, 1.82) is 0 Å². The average Bonchev–Trinajstić information content (AvgIpc) is 2.42. The van der Waals surface area contributed by atoms with Gasteiger partial charge < -0.3 is 0 Å². The van der Waals surface area contributed by atoms with E-state index in [0.29, 0.717) is 5.56 Å². The summed E-state index contributed by atoms with van der Waals surface area (Å²) in [5.74, 6) is -1.92. The highest BCUT2D eigenvalue weighted by Crippen LogP contribution is 2.09. The van der Waals surface area contributed by atoms with Crippen LogP contribution < -0.4 is 5.43 Å². The van der Waals surface area contributed by atoms with E-state index in [9.17, 15) is 13.6 Å². The molecule has 1 amide bonds. The Balaban J connectivity index is 2.06. The van der Waals surface area contributed by atoms with E-state index in [4.69, 9.17) is 0 Å². The molecule has 0 aromatic heterocycles. The third-order valence-electron chi connectivity index (χ3n) is 2.67. The number of amides is 1. The number of carbonyl (C=O) groups excluding carboxylic acids is 1. The molecular formula is C15H12F2N2O. The van der Waals surface area contributed by atoms with Crippen LogP contribution in [0.5, 0.6) is 0 Å². The van der Waals surface area contributed by atoms with Gasteiger partial charge in [-0.25, -0.2) is 14.2 Å². The third kappa shape index (κ3) is 3.26. The zero-order chi connectivity index (χ0) is 14.5. The maximum Gasteiger partial charge on any atom is 0.271 e. The second kappa shape index (κ2) is 6.06. The number of benzene rings is 2. The van der Waals surface area contributed by atoms with Crippen molar-refractivity contribution in [3.63, 3.8) is 0 Å². The fourth-order valence-electron chi connectivity index (χ4n) is 1.56. The fourth-order valence-corrected chi connectivity index (χ4v) is 1.56. The van der Waals surface area contributed by atoms with Gasteiger partial charge in [0.15, 0.2) is 0 Å². The largest absolute Gasteiger partial charge is 0.271 e. The van der Waals surface area contributed by atoms with Crippen LogP contribution in [0.15, 0.2) is 47.6 Å². The highest BCUT2D eigenvalue weighted by molar-refractivity contribution is 5.94. The Morgan fingerprint density at radius 2 is 1.70 bits per heavy atom. The number of nitrogens with zero attached hydrogens (tertiary/aromatic N) is 1. The Labute approximate surface area is 114 Å². The monoisotopic (exact) mass is 274 g/mol. The minimum Gasteiger partial charge on any atom is -0.267 e. The van der Waals surface area contributed by atoms with E-state index in [2.05, 4.69) is 10.5 Å². The van der Waals surface area contributed by atoms with Gasteiger partial charge in [0, 0.05) is 5.56 Å². The SMILES string of the molecule is Cc1ccc(C(=O)N/N=C\c2c(F)cccc2F)cc1. The van der Waals surface area contributed by atoms with Crippen molar-refractivity contribution in [1.82, 2.24) is 5.43 Å². The first-order chi connectivity index (χ1) is 9.58. The van der Waals surface area contributed by atoms with Crippen LogP contribution in [0.4, 0.5) is 8.78 Å². The molecule has 0 radical (unpaired) electrons. The summed E-state index contributed by atoms with van der Waals surface area (Å²) in [6.07, 6.45) is 0.941. The van der Waals surface area contributed by atoms with Gasteiger partial charge in [0.1, 0.15) is 11.6 Å². The second-order valence-corrected chi connectivity index (χ2v) is 4.20. The van der Waals surface area contributed by atoms with Crippen LogP contribution in [0.25, 0.3) is 0 Å². The molecule has 5 heteroatoms. The lowest BCUT2D eigenvalue weighted by atomic mass is 10.1. The average molecular weight is 274 g/mol. The van der Waals surface area contributed by atoms with Crippen molar-refractivity contribution in [2.75, 3.05) is 0 Å². The van der Waals surface area contributed by atoms with Gasteiger partial charge in [0.2, 0.25) is 0 Å². The van der Waals surface area contributed by atoms with Crippen LogP contribution >= 0.6 is 0 Å². The number of carbonyl (C=O) groups is 1. The predicted molar refractivity (Wildman–Crippen MR) is 72.6 cm³/mol. The van der Waals surface area contributed by atoms with Gasteiger partial charge in [-0.15, -0.1) is 0 Å². The molecule has 20 heavy (non-hydrogen) atoms. The van der Waals surface area contributed by atoms with Gasteiger partial charge >= 0.3 is 0 Å².